The molecule has 0 radical (unpaired) electrons. The van der Waals surface area contributed by atoms with Gasteiger partial charge < -0.3 is 14.2 Å². The van der Waals surface area contributed by atoms with Gasteiger partial charge in [-0.3, -0.25) is 0 Å². The summed E-state index contributed by atoms with van der Waals surface area (Å²) in [5.74, 6) is 1.63. The maximum Gasteiger partial charge on any atom is 0.161 e. The van der Waals surface area contributed by atoms with Crippen molar-refractivity contribution in [2.45, 2.75) is 5.60 Å². The predicted octanol–water partition coefficient (Wildman–Crippen LogP) is 1.23. The summed E-state index contributed by atoms with van der Waals surface area (Å²) in [4.78, 5) is 0. The molecule has 2 aliphatic heterocycles. The summed E-state index contributed by atoms with van der Waals surface area (Å²) in [5.41, 5.74) is -0.154. The van der Waals surface area contributed by atoms with Gasteiger partial charge in [-0.15, -0.1) is 0 Å². The van der Waals surface area contributed by atoms with Gasteiger partial charge in [0.15, 0.2) is 17.1 Å². The number of hydrogen-bond donors (Lipinski definition) is 0. The van der Waals surface area contributed by atoms with Crippen LogP contribution in [0, 0.1) is 0 Å². The van der Waals surface area contributed by atoms with E-state index in [0.717, 1.165) is 18.1 Å². The molecule has 13 heavy (non-hydrogen) atoms. The highest BCUT2D eigenvalue weighted by Crippen LogP contribution is 2.36. The number of para-hydroxylation sites is 2. The molecular formula is C10H10O3. The first-order chi connectivity index (χ1) is 6.38. The Bertz CT molecular complexity index is 302. The van der Waals surface area contributed by atoms with Crippen LogP contribution in [0.25, 0.3) is 0 Å². The summed E-state index contributed by atoms with van der Waals surface area (Å²) in [6.07, 6.45) is 0. The maximum atomic E-state index is 5.58. The number of fused-ring (bicyclic) bond motifs is 1. The molecule has 0 atom stereocenters. The SMILES string of the molecule is c1ccc2c(c1)OCC1(CO2)CO1. The lowest BCUT2D eigenvalue weighted by molar-refractivity contribution is 0.156. The fraction of sp³-hybridized carbons (Fsp3) is 0.400. The number of benzene rings is 1. The summed E-state index contributed by atoms with van der Waals surface area (Å²) in [7, 11) is 0. The third kappa shape index (κ3) is 1.16. The van der Waals surface area contributed by atoms with Crippen molar-refractivity contribution in [3.8, 4) is 11.5 Å². The van der Waals surface area contributed by atoms with Crippen LogP contribution in [0.3, 0.4) is 0 Å². The van der Waals surface area contributed by atoms with E-state index in [1.807, 2.05) is 24.3 Å². The van der Waals surface area contributed by atoms with E-state index in [2.05, 4.69) is 0 Å². The van der Waals surface area contributed by atoms with Gasteiger partial charge in [-0.1, -0.05) is 12.1 Å². The molecule has 2 aliphatic rings. The van der Waals surface area contributed by atoms with Gasteiger partial charge in [0.05, 0.1) is 6.61 Å². The molecule has 1 aromatic carbocycles. The molecule has 3 heteroatoms. The molecule has 0 aliphatic carbocycles. The molecule has 2 heterocycles. The first-order valence-corrected chi connectivity index (χ1v) is 4.37. The lowest BCUT2D eigenvalue weighted by Gasteiger charge is -2.05. The Labute approximate surface area is 76.2 Å². The van der Waals surface area contributed by atoms with Crippen LogP contribution in [-0.4, -0.2) is 25.4 Å². The third-order valence-electron chi connectivity index (χ3n) is 2.38. The van der Waals surface area contributed by atoms with E-state index >= 15 is 0 Å². The highest BCUT2D eigenvalue weighted by Gasteiger charge is 2.48. The Morgan fingerprint density at radius 1 is 0.923 bits per heavy atom. The molecule has 68 valence electrons. The lowest BCUT2D eigenvalue weighted by atomic mass is 10.2. The highest BCUT2D eigenvalue weighted by molar-refractivity contribution is 5.40. The van der Waals surface area contributed by atoms with E-state index in [1.54, 1.807) is 0 Å². The molecule has 1 fully saturated rings. The fourth-order valence-electron chi connectivity index (χ4n) is 1.42. The van der Waals surface area contributed by atoms with Crippen molar-refractivity contribution in [3.63, 3.8) is 0 Å². The van der Waals surface area contributed by atoms with Gasteiger partial charge in [-0.05, 0) is 12.1 Å². The van der Waals surface area contributed by atoms with Gasteiger partial charge in [0.25, 0.3) is 0 Å². The van der Waals surface area contributed by atoms with Gasteiger partial charge in [0, 0.05) is 0 Å². The van der Waals surface area contributed by atoms with Crippen LogP contribution in [0.2, 0.25) is 0 Å². The van der Waals surface area contributed by atoms with Crippen LogP contribution in [0.5, 0.6) is 11.5 Å². The smallest absolute Gasteiger partial charge is 0.161 e. The van der Waals surface area contributed by atoms with Crippen molar-refractivity contribution in [1.82, 2.24) is 0 Å². The van der Waals surface area contributed by atoms with E-state index < -0.39 is 0 Å². The Balaban J connectivity index is 1.92. The second-order valence-corrected chi connectivity index (χ2v) is 3.50. The van der Waals surface area contributed by atoms with Crippen LogP contribution < -0.4 is 9.47 Å². The zero-order valence-electron chi connectivity index (χ0n) is 7.16. The van der Waals surface area contributed by atoms with E-state index in [4.69, 9.17) is 14.2 Å². The second kappa shape index (κ2) is 2.39. The monoisotopic (exact) mass is 178 g/mol. The molecule has 3 rings (SSSR count). The number of hydrogen-bond acceptors (Lipinski definition) is 3. The zero-order valence-corrected chi connectivity index (χ0v) is 7.16. The molecule has 3 nitrogen and oxygen atoms in total. The summed E-state index contributed by atoms with van der Waals surface area (Å²) < 4.78 is 16.5. The number of epoxide rings is 1. The topological polar surface area (TPSA) is 31.0 Å². The minimum Gasteiger partial charge on any atom is -0.486 e. The summed E-state index contributed by atoms with van der Waals surface area (Å²) in [5, 5.41) is 0. The van der Waals surface area contributed by atoms with E-state index in [0.29, 0.717) is 13.2 Å². The molecule has 0 aromatic heterocycles. The van der Waals surface area contributed by atoms with Crippen LogP contribution in [0.4, 0.5) is 0 Å². The Hall–Kier alpha value is -1.22. The molecule has 0 unspecified atom stereocenters. The summed E-state index contributed by atoms with van der Waals surface area (Å²) in [6, 6.07) is 7.70. The highest BCUT2D eigenvalue weighted by atomic mass is 16.7. The molecule has 0 bridgehead atoms. The maximum absolute atomic E-state index is 5.58. The van der Waals surface area contributed by atoms with Crippen LogP contribution >= 0.6 is 0 Å². The van der Waals surface area contributed by atoms with Crippen LogP contribution in [0.15, 0.2) is 24.3 Å². The first-order valence-electron chi connectivity index (χ1n) is 4.37. The molecule has 1 saturated heterocycles. The molecule has 1 aromatic rings. The van der Waals surface area contributed by atoms with Crippen LogP contribution in [0.1, 0.15) is 0 Å². The Morgan fingerprint density at radius 2 is 1.46 bits per heavy atom. The molecule has 1 spiro atoms. The summed E-state index contributed by atoms with van der Waals surface area (Å²) in [6.45, 7) is 1.95. The number of rotatable bonds is 0. The van der Waals surface area contributed by atoms with E-state index in [9.17, 15) is 0 Å². The van der Waals surface area contributed by atoms with Gasteiger partial charge in [0.1, 0.15) is 13.2 Å². The fourth-order valence-corrected chi connectivity index (χ4v) is 1.42. The average Bonchev–Trinajstić information content (AvgIpc) is 2.96. The molecule has 0 N–H and O–H groups in total. The van der Waals surface area contributed by atoms with Gasteiger partial charge >= 0.3 is 0 Å². The van der Waals surface area contributed by atoms with E-state index in [-0.39, 0.29) is 5.60 Å². The molecule has 0 saturated carbocycles. The largest absolute Gasteiger partial charge is 0.486 e. The third-order valence-corrected chi connectivity index (χ3v) is 2.38. The van der Waals surface area contributed by atoms with Crippen molar-refractivity contribution in [2.24, 2.45) is 0 Å². The van der Waals surface area contributed by atoms with Crippen LogP contribution in [-0.2, 0) is 4.74 Å². The van der Waals surface area contributed by atoms with Gasteiger partial charge in [-0.2, -0.15) is 0 Å². The van der Waals surface area contributed by atoms with E-state index in [1.165, 1.54) is 0 Å². The zero-order chi connectivity index (χ0) is 8.73. The predicted molar refractivity (Wildman–Crippen MR) is 46.1 cm³/mol. The lowest BCUT2D eigenvalue weighted by Crippen LogP contribution is -2.26. The van der Waals surface area contributed by atoms with Gasteiger partial charge in [0.2, 0.25) is 0 Å². The van der Waals surface area contributed by atoms with Crippen molar-refractivity contribution < 1.29 is 14.2 Å². The summed E-state index contributed by atoms with van der Waals surface area (Å²) >= 11 is 0. The average molecular weight is 178 g/mol. The number of ether oxygens (including phenoxy) is 3. The normalized spacial score (nSPS) is 22.5. The van der Waals surface area contributed by atoms with Crippen molar-refractivity contribution in [1.29, 1.82) is 0 Å². The van der Waals surface area contributed by atoms with Crippen molar-refractivity contribution in [2.75, 3.05) is 19.8 Å². The quantitative estimate of drug-likeness (QED) is 0.560. The molecular weight excluding hydrogens is 168 g/mol. The minimum atomic E-state index is -0.154. The Kier molecular flexibility index (Phi) is 1.32. The standard InChI is InChI=1S/C10H10O3/c1-2-4-9-8(3-1)11-5-10(6-12-9)7-13-10/h1-4H,5-7H2. The first kappa shape index (κ1) is 7.21. The molecule has 0 amide bonds. The minimum absolute atomic E-state index is 0.154. The second-order valence-electron chi connectivity index (χ2n) is 3.50. The van der Waals surface area contributed by atoms with Gasteiger partial charge in [-0.25, -0.2) is 0 Å². The van der Waals surface area contributed by atoms with Crippen molar-refractivity contribution in [3.05, 3.63) is 24.3 Å². The van der Waals surface area contributed by atoms with Crippen molar-refractivity contribution >= 4 is 0 Å². The Morgan fingerprint density at radius 3 is 1.92 bits per heavy atom.